The Bertz CT molecular complexity index is 1110. The number of nitrogens with zero attached hydrogens (tertiary/aromatic N) is 6. The van der Waals surface area contributed by atoms with Gasteiger partial charge in [0.1, 0.15) is 4.60 Å². The van der Waals surface area contributed by atoms with Crippen molar-refractivity contribution in [1.29, 1.82) is 0 Å². The van der Waals surface area contributed by atoms with Crippen LogP contribution in [-0.2, 0) is 4.74 Å². The number of ether oxygens (including phenoxy) is 3. The molecule has 4 heterocycles. The molecule has 28 heavy (non-hydrogen) atoms. The number of fused-ring (bicyclic) bond motifs is 2. The molecule has 13 heteroatoms. The minimum absolute atomic E-state index is 0.203. The predicted octanol–water partition coefficient (Wildman–Crippen LogP) is 1.66. The highest BCUT2D eigenvalue weighted by molar-refractivity contribution is 9.10. The van der Waals surface area contributed by atoms with E-state index in [4.69, 9.17) is 14.2 Å². The van der Waals surface area contributed by atoms with Crippen LogP contribution in [0.3, 0.4) is 0 Å². The highest BCUT2D eigenvalue weighted by atomic mass is 79.9. The van der Waals surface area contributed by atoms with E-state index in [2.05, 4.69) is 56.3 Å². The Hall–Kier alpha value is -3.35. The van der Waals surface area contributed by atoms with Gasteiger partial charge in [0.15, 0.2) is 17.0 Å². The molecule has 4 rings (SSSR count). The van der Waals surface area contributed by atoms with Gasteiger partial charge in [-0.3, -0.25) is 10.2 Å². The Kier molecular flexibility index (Phi) is 5.93. The fourth-order valence-electron chi connectivity index (χ4n) is 2.10. The summed E-state index contributed by atoms with van der Waals surface area (Å²) in [5.74, 6) is -0.473. The Morgan fingerprint density at radius 1 is 1.00 bits per heavy atom. The number of nitrogens with one attached hydrogen (secondary N) is 2. The summed E-state index contributed by atoms with van der Waals surface area (Å²) in [7, 11) is 2.98. The molecular formula is C15H15BrN8O4. The number of esters is 1. The van der Waals surface area contributed by atoms with Crippen LogP contribution in [0.4, 0.5) is 0 Å². The van der Waals surface area contributed by atoms with Gasteiger partial charge >= 0.3 is 18.0 Å². The van der Waals surface area contributed by atoms with E-state index >= 15 is 0 Å². The van der Waals surface area contributed by atoms with Crippen molar-refractivity contribution in [2.75, 3.05) is 20.8 Å². The van der Waals surface area contributed by atoms with Crippen LogP contribution in [0.2, 0.25) is 0 Å². The van der Waals surface area contributed by atoms with Crippen LogP contribution in [0.25, 0.3) is 22.1 Å². The van der Waals surface area contributed by atoms with Gasteiger partial charge in [-0.15, -0.1) is 0 Å². The van der Waals surface area contributed by atoms with Crippen LogP contribution in [0.15, 0.2) is 17.0 Å². The second-order valence-electron chi connectivity index (χ2n) is 5.04. The Morgan fingerprint density at radius 3 is 2.18 bits per heavy atom. The summed E-state index contributed by atoms with van der Waals surface area (Å²) in [6.45, 7) is 2.03. The largest absolute Gasteiger partial charge is 0.467 e. The van der Waals surface area contributed by atoms with E-state index in [-0.39, 0.29) is 11.7 Å². The van der Waals surface area contributed by atoms with Gasteiger partial charge in [0.05, 0.1) is 31.6 Å². The van der Waals surface area contributed by atoms with Crippen molar-refractivity contribution in [2.45, 2.75) is 6.92 Å². The van der Waals surface area contributed by atoms with Crippen molar-refractivity contribution in [3.8, 4) is 12.0 Å². The number of rotatable bonds is 4. The Morgan fingerprint density at radius 2 is 1.57 bits per heavy atom. The maximum atomic E-state index is 11.5. The first kappa shape index (κ1) is 19.4. The molecular weight excluding hydrogens is 436 g/mol. The standard InChI is InChI=1S/C9H10N4O3.C6H5BrN4O/c1-3-16-8(14)6-5-4-10-9(15-2)11-7(5)13-12-6;1-12-6-8-2-3-4(7)10-11-5(3)9-6/h4H,3H2,1-2H3,(H,10,11,12,13);2H,1H3,(H,8,9,10,11). The van der Waals surface area contributed by atoms with Gasteiger partial charge in [0.2, 0.25) is 0 Å². The van der Waals surface area contributed by atoms with E-state index in [1.165, 1.54) is 20.4 Å². The zero-order valence-electron chi connectivity index (χ0n) is 15.1. The molecule has 0 atom stereocenters. The zero-order chi connectivity index (χ0) is 20.1. The average Bonchev–Trinajstić information content (AvgIpc) is 3.31. The summed E-state index contributed by atoms with van der Waals surface area (Å²) in [4.78, 5) is 27.3. The molecule has 146 valence electrons. The van der Waals surface area contributed by atoms with Crippen LogP contribution in [0, 0.1) is 0 Å². The second-order valence-corrected chi connectivity index (χ2v) is 5.84. The molecule has 0 saturated carbocycles. The van der Waals surface area contributed by atoms with Crippen molar-refractivity contribution in [3.63, 3.8) is 0 Å². The Balaban J connectivity index is 0.000000167. The number of halogens is 1. The number of aromatic amines is 2. The molecule has 0 unspecified atom stereocenters. The summed E-state index contributed by atoms with van der Waals surface area (Å²) in [5.41, 5.74) is 1.21. The summed E-state index contributed by atoms with van der Waals surface area (Å²) >= 11 is 3.27. The number of hydrogen-bond acceptors (Lipinski definition) is 10. The molecule has 0 aliphatic rings. The number of H-pyrrole nitrogens is 2. The first-order valence-electron chi connectivity index (χ1n) is 7.90. The lowest BCUT2D eigenvalue weighted by atomic mass is 10.3. The third kappa shape index (κ3) is 3.98. The minimum Gasteiger partial charge on any atom is -0.467 e. The molecule has 0 amide bonds. The van der Waals surface area contributed by atoms with E-state index in [0.29, 0.717) is 29.3 Å². The predicted molar refractivity (Wildman–Crippen MR) is 100 cm³/mol. The maximum Gasteiger partial charge on any atom is 0.357 e. The van der Waals surface area contributed by atoms with Crippen molar-refractivity contribution >= 4 is 44.0 Å². The number of carbonyl (C=O) groups is 1. The molecule has 0 aliphatic heterocycles. The van der Waals surface area contributed by atoms with Gasteiger partial charge in [0.25, 0.3) is 0 Å². The first-order chi connectivity index (χ1) is 13.6. The van der Waals surface area contributed by atoms with Crippen LogP contribution in [0.1, 0.15) is 17.4 Å². The normalized spacial score (nSPS) is 10.4. The van der Waals surface area contributed by atoms with E-state index in [0.717, 1.165) is 9.99 Å². The van der Waals surface area contributed by atoms with Gasteiger partial charge in [-0.1, -0.05) is 0 Å². The summed E-state index contributed by atoms with van der Waals surface area (Å²) in [6, 6.07) is 0.524. The topological polar surface area (TPSA) is 154 Å². The van der Waals surface area contributed by atoms with Crippen LogP contribution >= 0.6 is 15.9 Å². The molecule has 4 aromatic rings. The van der Waals surface area contributed by atoms with Gasteiger partial charge in [0, 0.05) is 12.4 Å². The summed E-state index contributed by atoms with van der Waals surface area (Å²) < 4.78 is 15.3. The fourth-order valence-corrected chi connectivity index (χ4v) is 2.47. The van der Waals surface area contributed by atoms with Crippen molar-refractivity contribution in [2.24, 2.45) is 0 Å². The molecule has 0 aromatic carbocycles. The molecule has 4 aromatic heterocycles. The van der Waals surface area contributed by atoms with E-state index in [1.807, 2.05) is 0 Å². The van der Waals surface area contributed by atoms with E-state index in [9.17, 15) is 4.79 Å². The molecule has 0 saturated heterocycles. The second kappa shape index (κ2) is 8.56. The monoisotopic (exact) mass is 450 g/mol. The molecule has 0 bridgehead atoms. The average molecular weight is 451 g/mol. The maximum absolute atomic E-state index is 11.5. The lowest BCUT2D eigenvalue weighted by Crippen LogP contribution is -2.05. The number of aromatic nitrogens is 8. The molecule has 0 radical (unpaired) electrons. The van der Waals surface area contributed by atoms with Gasteiger partial charge in [-0.25, -0.2) is 14.8 Å². The Labute approximate surface area is 166 Å². The molecule has 0 aliphatic carbocycles. The highest BCUT2D eigenvalue weighted by Gasteiger charge is 2.16. The third-order valence-corrected chi connectivity index (χ3v) is 3.98. The zero-order valence-corrected chi connectivity index (χ0v) is 16.6. The molecule has 0 spiro atoms. The van der Waals surface area contributed by atoms with Crippen LogP contribution < -0.4 is 9.47 Å². The van der Waals surface area contributed by atoms with Gasteiger partial charge < -0.3 is 14.2 Å². The summed E-state index contributed by atoms with van der Waals surface area (Å²) in [6.07, 6.45) is 3.12. The van der Waals surface area contributed by atoms with Crippen molar-refractivity contribution in [3.05, 3.63) is 22.7 Å². The number of carbonyl (C=O) groups excluding carboxylic acids is 1. The number of hydrogen-bond donors (Lipinski definition) is 2. The van der Waals surface area contributed by atoms with Crippen LogP contribution in [0.5, 0.6) is 12.0 Å². The van der Waals surface area contributed by atoms with Gasteiger partial charge in [-0.2, -0.15) is 20.2 Å². The lowest BCUT2D eigenvalue weighted by molar-refractivity contribution is 0.0521. The van der Waals surface area contributed by atoms with Gasteiger partial charge in [-0.05, 0) is 22.9 Å². The molecule has 2 N–H and O–H groups in total. The lowest BCUT2D eigenvalue weighted by Gasteiger charge is -1.98. The SMILES string of the molecule is CCOC(=O)c1[nH]nc2nc(OC)ncc12.COc1ncc2c(Br)[nH]nc2n1. The van der Waals surface area contributed by atoms with E-state index in [1.54, 1.807) is 13.1 Å². The number of methoxy groups -OCH3 is 2. The molecule has 12 nitrogen and oxygen atoms in total. The first-order valence-corrected chi connectivity index (χ1v) is 8.69. The van der Waals surface area contributed by atoms with E-state index < -0.39 is 5.97 Å². The quantitative estimate of drug-likeness (QED) is 0.438. The van der Waals surface area contributed by atoms with Crippen molar-refractivity contribution < 1.29 is 19.0 Å². The highest BCUT2D eigenvalue weighted by Crippen LogP contribution is 2.19. The minimum atomic E-state index is -0.473. The summed E-state index contributed by atoms with van der Waals surface area (Å²) in [5, 5.41) is 14.5. The van der Waals surface area contributed by atoms with Crippen molar-refractivity contribution in [1.82, 2.24) is 40.3 Å². The third-order valence-electron chi connectivity index (χ3n) is 3.38. The van der Waals surface area contributed by atoms with Crippen LogP contribution in [-0.4, -0.2) is 67.1 Å². The smallest absolute Gasteiger partial charge is 0.357 e. The fraction of sp³-hybridized carbons (Fsp3) is 0.267. The molecule has 0 fully saturated rings.